The van der Waals surface area contributed by atoms with Gasteiger partial charge in [0.25, 0.3) is 0 Å². The second-order valence-electron chi connectivity index (χ2n) is 6.07. The zero-order valence-corrected chi connectivity index (χ0v) is 15.5. The summed E-state index contributed by atoms with van der Waals surface area (Å²) in [7, 11) is 0. The Labute approximate surface area is 157 Å². The van der Waals surface area contributed by atoms with E-state index in [1.165, 1.54) is 5.56 Å². The maximum Gasteiger partial charge on any atom is 0.227 e. The van der Waals surface area contributed by atoms with Crippen molar-refractivity contribution in [3.8, 4) is 11.4 Å². The molecule has 5 nitrogen and oxygen atoms in total. The monoisotopic (exact) mass is 369 g/mol. The average molecular weight is 370 g/mol. The summed E-state index contributed by atoms with van der Waals surface area (Å²) >= 11 is 6.07. The molecule has 3 aromatic rings. The molecule has 0 fully saturated rings. The molecule has 3 rings (SSSR count). The molecular weight excluding hydrogens is 350 g/mol. The number of amides is 1. The topological polar surface area (TPSA) is 68.0 Å². The minimum absolute atomic E-state index is 0.128. The van der Waals surface area contributed by atoms with Crippen LogP contribution in [-0.2, 0) is 17.6 Å². The molecule has 0 saturated heterocycles. The lowest BCUT2D eigenvalue weighted by atomic mass is 10.1. The number of aryl methyl sites for hydroxylation is 3. The third-order valence-electron chi connectivity index (χ3n) is 4.11. The van der Waals surface area contributed by atoms with Gasteiger partial charge in [0.1, 0.15) is 0 Å². The molecule has 0 spiro atoms. The molecule has 1 heterocycles. The van der Waals surface area contributed by atoms with Gasteiger partial charge in [0.05, 0.1) is 0 Å². The van der Waals surface area contributed by atoms with Gasteiger partial charge < -0.3 is 9.84 Å². The van der Waals surface area contributed by atoms with E-state index in [1.807, 2.05) is 43.3 Å². The Hall–Kier alpha value is -2.66. The predicted octanol–water partition coefficient (Wildman–Crippen LogP) is 4.83. The maximum absolute atomic E-state index is 12.1. The lowest BCUT2D eigenvalue weighted by molar-refractivity contribution is -0.116. The van der Waals surface area contributed by atoms with Gasteiger partial charge in [-0.2, -0.15) is 4.98 Å². The number of hydrogen-bond donors (Lipinski definition) is 1. The van der Waals surface area contributed by atoms with Crippen molar-refractivity contribution in [1.29, 1.82) is 0 Å². The number of nitrogens with one attached hydrogen (secondary N) is 1. The highest BCUT2D eigenvalue weighted by molar-refractivity contribution is 6.31. The molecule has 0 aliphatic heterocycles. The van der Waals surface area contributed by atoms with E-state index >= 15 is 0 Å². The zero-order chi connectivity index (χ0) is 18.5. The first-order chi connectivity index (χ1) is 12.5. The summed E-state index contributed by atoms with van der Waals surface area (Å²) in [5.41, 5.74) is 3.80. The summed E-state index contributed by atoms with van der Waals surface area (Å²) in [6.07, 6.45) is 1.62. The molecule has 1 aromatic heterocycles. The van der Waals surface area contributed by atoms with E-state index in [0.29, 0.717) is 28.8 Å². The van der Waals surface area contributed by atoms with Crippen LogP contribution in [0.2, 0.25) is 5.02 Å². The van der Waals surface area contributed by atoms with Crippen LogP contribution in [0.4, 0.5) is 5.69 Å². The van der Waals surface area contributed by atoms with Crippen molar-refractivity contribution in [2.45, 2.75) is 33.1 Å². The van der Waals surface area contributed by atoms with Gasteiger partial charge in [0.15, 0.2) is 0 Å². The number of carbonyl (C=O) groups is 1. The molecule has 134 valence electrons. The SMILES string of the molecule is CCc1ccc(-c2noc(CCC(=O)Nc3ccc(C)c(Cl)c3)n2)cc1. The van der Waals surface area contributed by atoms with Crippen LogP contribution in [0.1, 0.15) is 30.4 Å². The molecule has 0 radical (unpaired) electrons. The van der Waals surface area contributed by atoms with Crippen molar-refractivity contribution in [2.24, 2.45) is 0 Å². The Balaban J connectivity index is 1.56. The van der Waals surface area contributed by atoms with E-state index in [0.717, 1.165) is 17.5 Å². The fourth-order valence-corrected chi connectivity index (χ4v) is 2.66. The first kappa shape index (κ1) is 18.1. The van der Waals surface area contributed by atoms with Gasteiger partial charge in [-0.15, -0.1) is 0 Å². The molecule has 26 heavy (non-hydrogen) atoms. The van der Waals surface area contributed by atoms with Crippen LogP contribution in [0.3, 0.4) is 0 Å². The van der Waals surface area contributed by atoms with Crippen molar-refractivity contribution < 1.29 is 9.32 Å². The summed E-state index contributed by atoms with van der Waals surface area (Å²) in [6, 6.07) is 13.5. The second-order valence-corrected chi connectivity index (χ2v) is 6.48. The number of rotatable bonds is 6. The fourth-order valence-electron chi connectivity index (χ4n) is 2.48. The van der Waals surface area contributed by atoms with Crippen molar-refractivity contribution in [3.63, 3.8) is 0 Å². The number of anilines is 1. The molecule has 0 atom stereocenters. The van der Waals surface area contributed by atoms with Crippen molar-refractivity contribution >= 4 is 23.2 Å². The molecule has 0 aliphatic carbocycles. The lowest BCUT2D eigenvalue weighted by Crippen LogP contribution is -2.12. The van der Waals surface area contributed by atoms with E-state index in [2.05, 4.69) is 22.4 Å². The second kappa shape index (κ2) is 8.15. The van der Waals surface area contributed by atoms with Gasteiger partial charge in [-0.25, -0.2) is 0 Å². The lowest BCUT2D eigenvalue weighted by Gasteiger charge is -2.06. The van der Waals surface area contributed by atoms with Gasteiger partial charge >= 0.3 is 0 Å². The smallest absolute Gasteiger partial charge is 0.227 e. The molecule has 0 unspecified atom stereocenters. The first-order valence-electron chi connectivity index (χ1n) is 8.53. The summed E-state index contributed by atoms with van der Waals surface area (Å²) in [5, 5.41) is 7.43. The molecule has 1 amide bonds. The average Bonchev–Trinajstić information content (AvgIpc) is 3.12. The van der Waals surface area contributed by atoms with Gasteiger partial charge in [-0.1, -0.05) is 54.0 Å². The standard InChI is InChI=1S/C20H20ClN3O2/c1-3-14-5-7-15(8-6-14)20-23-19(26-24-20)11-10-18(25)22-16-9-4-13(2)17(21)12-16/h4-9,12H,3,10-11H2,1-2H3,(H,22,25). The third kappa shape index (κ3) is 4.49. The molecule has 1 N–H and O–H groups in total. The number of carbonyl (C=O) groups excluding carboxylic acids is 1. The van der Waals surface area contributed by atoms with E-state index < -0.39 is 0 Å². The van der Waals surface area contributed by atoms with Crippen LogP contribution >= 0.6 is 11.6 Å². The molecule has 6 heteroatoms. The largest absolute Gasteiger partial charge is 0.339 e. The molecular formula is C20H20ClN3O2. The molecule has 0 aliphatic rings. The van der Waals surface area contributed by atoms with E-state index in [9.17, 15) is 4.79 Å². The van der Waals surface area contributed by atoms with E-state index in [-0.39, 0.29) is 12.3 Å². The van der Waals surface area contributed by atoms with Crippen LogP contribution in [0, 0.1) is 6.92 Å². The molecule has 0 saturated carbocycles. The number of aromatic nitrogens is 2. The van der Waals surface area contributed by atoms with Gasteiger partial charge in [0, 0.05) is 29.1 Å². The van der Waals surface area contributed by atoms with Crippen LogP contribution in [0.25, 0.3) is 11.4 Å². The van der Waals surface area contributed by atoms with Crippen LogP contribution in [0.15, 0.2) is 47.0 Å². The Morgan fingerprint density at radius 2 is 1.96 bits per heavy atom. The highest BCUT2D eigenvalue weighted by Gasteiger charge is 2.11. The zero-order valence-electron chi connectivity index (χ0n) is 14.8. The highest BCUT2D eigenvalue weighted by Crippen LogP contribution is 2.20. The van der Waals surface area contributed by atoms with Crippen molar-refractivity contribution in [1.82, 2.24) is 10.1 Å². The summed E-state index contributed by atoms with van der Waals surface area (Å²) in [4.78, 5) is 16.4. The van der Waals surface area contributed by atoms with Gasteiger partial charge in [0.2, 0.25) is 17.6 Å². The summed E-state index contributed by atoms with van der Waals surface area (Å²) < 4.78 is 5.25. The van der Waals surface area contributed by atoms with Gasteiger partial charge in [-0.3, -0.25) is 4.79 Å². The molecule has 2 aromatic carbocycles. The quantitative estimate of drug-likeness (QED) is 0.675. The van der Waals surface area contributed by atoms with Crippen molar-refractivity contribution in [3.05, 3.63) is 64.5 Å². The number of hydrogen-bond acceptors (Lipinski definition) is 4. The highest BCUT2D eigenvalue weighted by atomic mass is 35.5. The first-order valence-corrected chi connectivity index (χ1v) is 8.91. The number of benzene rings is 2. The number of nitrogens with zero attached hydrogens (tertiary/aromatic N) is 2. The van der Waals surface area contributed by atoms with Gasteiger partial charge in [-0.05, 0) is 36.6 Å². The Bertz CT molecular complexity index is 904. The van der Waals surface area contributed by atoms with E-state index in [1.54, 1.807) is 6.07 Å². The Morgan fingerprint density at radius 1 is 1.19 bits per heavy atom. The van der Waals surface area contributed by atoms with Crippen LogP contribution < -0.4 is 5.32 Å². The summed E-state index contributed by atoms with van der Waals surface area (Å²) in [5.74, 6) is 0.849. The normalized spacial score (nSPS) is 10.7. The van der Waals surface area contributed by atoms with E-state index in [4.69, 9.17) is 16.1 Å². The number of halogens is 1. The van der Waals surface area contributed by atoms with Crippen molar-refractivity contribution in [2.75, 3.05) is 5.32 Å². The Kier molecular flexibility index (Phi) is 5.68. The van der Waals surface area contributed by atoms with Crippen LogP contribution in [0.5, 0.6) is 0 Å². The molecule has 0 bridgehead atoms. The summed E-state index contributed by atoms with van der Waals surface area (Å²) in [6.45, 7) is 4.02. The fraction of sp³-hybridized carbons (Fsp3) is 0.250. The Morgan fingerprint density at radius 3 is 2.65 bits per heavy atom. The maximum atomic E-state index is 12.1. The van der Waals surface area contributed by atoms with Crippen LogP contribution in [-0.4, -0.2) is 16.0 Å². The minimum Gasteiger partial charge on any atom is -0.339 e. The predicted molar refractivity (Wildman–Crippen MR) is 102 cm³/mol. The minimum atomic E-state index is -0.128. The third-order valence-corrected chi connectivity index (χ3v) is 4.52.